The van der Waals surface area contributed by atoms with E-state index in [1.165, 1.54) is 0 Å². The van der Waals surface area contributed by atoms with Crippen LogP contribution in [0.5, 0.6) is 11.5 Å². The highest BCUT2D eigenvalue weighted by Gasteiger charge is 2.24. The third-order valence-electron chi connectivity index (χ3n) is 4.61. The molecule has 3 aromatic rings. The first-order chi connectivity index (χ1) is 13.3. The van der Waals surface area contributed by atoms with Crippen LogP contribution in [-0.2, 0) is 11.8 Å². The summed E-state index contributed by atoms with van der Waals surface area (Å²) in [6.07, 6.45) is 2.60. The van der Waals surface area contributed by atoms with Gasteiger partial charge in [0.2, 0.25) is 0 Å². The maximum absolute atomic E-state index is 12.8. The number of carbonyl (C=O) groups excluding carboxylic acids is 1. The molecule has 28 heavy (non-hydrogen) atoms. The Morgan fingerprint density at radius 1 is 1.14 bits per heavy atom. The Kier molecular flexibility index (Phi) is 5.58. The summed E-state index contributed by atoms with van der Waals surface area (Å²) in [6.45, 7) is 6.75. The number of amides is 1. The highest BCUT2D eigenvalue weighted by molar-refractivity contribution is 5.99. The monoisotopic (exact) mass is 381 g/mol. The molecule has 6 heteroatoms. The quantitative estimate of drug-likeness (QED) is 0.708. The second-order valence-electron chi connectivity index (χ2n) is 7.67. The molecular formula is C22H27N3O3. The number of fused-ring (bicyclic) bond motifs is 1. The number of rotatable bonds is 6. The van der Waals surface area contributed by atoms with E-state index in [4.69, 9.17) is 9.47 Å². The van der Waals surface area contributed by atoms with Crippen LogP contribution in [0.3, 0.4) is 0 Å². The molecule has 0 bridgehead atoms. The van der Waals surface area contributed by atoms with Crippen LogP contribution in [0.25, 0.3) is 5.52 Å². The molecule has 0 saturated carbocycles. The second-order valence-corrected chi connectivity index (χ2v) is 7.67. The number of methoxy groups -OCH3 is 2. The number of ether oxygens (including phenoxy) is 2. The van der Waals surface area contributed by atoms with Gasteiger partial charge in [0.25, 0.3) is 5.91 Å². The van der Waals surface area contributed by atoms with Crippen LogP contribution < -0.4 is 14.8 Å². The van der Waals surface area contributed by atoms with Crippen molar-refractivity contribution < 1.29 is 14.3 Å². The molecule has 6 nitrogen and oxygen atoms in total. The first-order valence-electron chi connectivity index (χ1n) is 9.32. The van der Waals surface area contributed by atoms with Gasteiger partial charge in [-0.05, 0) is 30.2 Å². The van der Waals surface area contributed by atoms with E-state index in [0.29, 0.717) is 18.7 Å². The fraction of sp³-hybridized carbons (Fsp3) is 0.364. The lowest BCUT2D eigenvalue weighted by atomic mass is 9.96. The second kappa shape index (κ2) is 7.92. The van der Waals surface area contributed by atoms with Gasteiger partial charge in [0.15, 0.2) is 5.69 Å². The van der Waals surface area contributed by atoms with Crippen LogP contribution in [0.4, 0.5) is 0 Å². The average Bonchev–Trinajstić information content (AvgIpc) is 3.08. The van der Waals surface area contributed by atoms with E-state index in [9.17, 15) is 4.79 Å². The molecule has 1 amide bonds. The molecule has 2 aromatic heterocycles. The van der Waals surface area contributed by atoms with Crippen LogP contribution in [0, 0.1) is 0 Å². The van der Waals surface area contributed by atoms with Crippen molar-refractivity contribution in [1.29, 1.82) is 0 Å². The fourth-order valence-corrected chi connectivity index (χ4v) is 3.19. The van der Waals surface area contributed by atoms with Crippen molar-refractivity contribution in [2.45, 2.75) is 32.6 Å². The number of hydrogen-bond donors (Lipinski definition) is 1. The summed E-state index contributed by atoms with van der Waals surface area (Å²) in [7, 11) is 3.25. The van der Waals surface area contributed by atoms with Gasteiger partial charge in [0, 0.05) is 24.2 Å². The SMILES string of the molecule is COc1ccc(CCNC(=O)c2nc(C(C)(C)C)n3ccccc23)c(OC)c1. The van der Waals surface area contributed by atoms with E-state index in [2.05, 4.69) is 31.1 Å². The third-order valence-corrected chi connectivity index (χ3v) is 4.61. The van der Waals surface area contributed by atoms with E-state index in [1.807, 2.05) is 47.0 Å². The summed E-state index contributed by atoms with van der Waals surface area (Å²) in [5.41, 5.74) is 2.10. The maximum atomic E-state index is 12.8. The zero-order chi connectivity index (χ0) is 20.3. The van der Waals surface area contributed by atoms with E-state index in [1.54, 1.807) is 14.2 Å². The highest BCUT2D eigenvalue weighted by atomic mass is 16.5. The molecule has 3 rings (SSSR count). The predicted octanol–water partition coefficient (Wildman–Crippen LogP) is 3.62. The van der Waals surface area contributed by atoms with Crippen LogP contribution in [0.1, 0.15) is 42.6 Å². The molecule has 0 atom stereocenters. The molecule has 148 valence electrons. The largest absolute Gasteiger partial charge is 0.497 e. The van der Waals surface area contributed by atoms with Crippen molar-refractivity contribution >= 4 is 11.4 Å². The number of carbonyl (C=O) groups is 1. The van der Waals surface area contributed by atoms with E-state index >= 15 is 0 Å². The van der Waals surface area contributed by atoms with Gasteiger partial charge in [0.05, 0.1) is 19.7 Å². The number of pyridine rings is 1. The minimum absolute atomic E-state index is 0.167. The smallest absolute Gasteiger partial charge is 0.272 e. The normalized spacial score (nSPS) is 11.5. The predicted molar refractivity (Wildman–Crippen MR) is 109 cm³/mol. The Morgan fingerprint density at radius 2 is 1.93 bits per heavy atom. The molecular weight excluding hydrogens is 354 g/mol. The first kappa shape index (κ1) is 19.7. The van der Waals surface area contributed by atoms with Gasteiger partial charge < -0.3 is 19.2 Å². The summed E-state index contributed by atoms with van der Waals surface area (Å²) < 4.78 is 12.6. The van der Waals surface area contributed by atoms with Crippen molar-refractivity contribution in [2.24, 2.45) is 0 Å². The molecule has 2 heterocycles. The number of nitrogens with zero attached hydrogens (tertiary/aromatic N) is 2. The summed E-state index contributed by atoms with van der Waals surface area (Å²) in [6, 6.07) is 11.5. The fourth-order valence-electron chi connectivity index (χ4n) is 3.19. The minimum Gasteiger partial charge on any atom is -0.497 e. The van der Waals surface area contributed by atoms with Crippen molar-refractivity contribution in [2.75, 3.05) is 20.8 Å². The average molecular weight is 381 g/mol. The summed E-state index contributed by atoms with van der Waals surface area (Å²) in [4.78, 5) is 17.5. The third kappa shape index (κ3) is 3.96. The number of hydrogen-bond acceptors (Lipinski definition) is 4. The number of benzene rings is 1. The number of imidazole rings is 1. The van der Waals surface area contributed by atoms with Crippen molar-refractivity contribution in [3.8, 4) is 11.5 Å². The minimum atomic E-state index is -0.174. The van der Waals surface area contributed by atoms with Gasteiger partial charge in [-0.15, -0.1) is 0 Å². The zero-order valence-electron chi connectivity index (χ0n) is 17.1. The van der Waals surface area contributed by atoms with Crippen LogP contribution in [-0.4, -0.2) is 36.1 Å². The molecule has 0 radical (unpaired) electrons. The molecule has 1 aromatic carbocycles. The van der Waals surface area contributed by atoms with Gasteiger partial charge in [-0.1, -0.05) is 32.9 Å². The highest BCUT2D eigenvalue weighted by Crippen LogP contribution is 2.26. The zero-order valence-corrected chi connectivity index (χ0v) is 17.1. The molecule has 0 saturated heterocycles. The van der Waals surface area contributed by atoms with Crippen molar-refractivity contribution in [3.05, 3.63) is 59.7 Å². The van der Waals surface area contributed by atoms with E-state index < -0.39 is 0 Å². The molecule has 0 spiro atoms. The van der Waals surface area contributed by atoms with Crippen LogP contribution >= 0.6 is 0 Å². The van der Waals surface area contributed by atoms with Crippen LogP contribution in [0.2, 0.25) is 0 Å². The summed E-state index contributed by atoms with van der Waals surface area (Å²) in [5.74, 6) is 2.18. The maximum Gasteiger partial charge on any atom is 0.272 e. The lowest BCUT2D eigenvalue weighted by Gasteiger charge is -2.16. The number of nitrogens with one attached hydrogen (secondary N) is 1. The lowest BCUT2D eigenvalue weighted by Crippen LogP contribution is -2.26. The van der Waals surface area contributed by atoms with Gasteiger partial charge in [-0.25, -0.2) is 4.98 Å². The molecule has 0 aliphatic carbocycles. The van der Waals surface area contributed by atoms with E-state index in [0.717, 1.165) is 28.4 Å². The first-order valence-corrected chi connectivity index (χ1v) is 9.32. The molecule has 0 unspecified atom stereocenters. The topological polar surface area (TPSA) is 64.9 Å². The van der Waals surface area contributed by atoms with Gasteiger partial charge in [0.1, 0.15) is 17.3 Å². The summed E-state index contributed by atoms with van der Waals surface area (Å²) >= 11 is 0. The van der Waals surface area contributed by atoms with Crippen molar-refractivity contribution in [3.63, 3.8) is 0 Å². The Morgan fingerprint density at radius 3 is 2.61 bits per heavy atom. The van der Waals surface area contributed by atoms with Crippen LogP contribution in [0.15, 0.2) is 42.6 Å². The standard InChI is InChI=1S/C22H27N3O3/c1-22(2,3)21-24-19(17-8-6-7-13-25(17)21)20(26)23-12-11-15-9-10-16(27-4)14-18(15)28-5/h6-10,13-14H,11-12H2,1-5H3,(H,23,26). The molecule has 1 N–H and O–H groups in total. The summed E-state index contributed by atoms with van der Waals surface area (Å²) in [5, 5.41) is 2.98. The Bertz CT molecular complexity index is 986. The Labute approximate surface area is 165 Å². The van der Waals surface area contributed by atoms with Gasteiger partial charge in [-0.2, -0.15) is 0 Å². The number of aromatic nitrogens is 2. The van der Waals surface area contributed by atoms with Gasteiger partial charge in [-0.3, -0.25) is 4.79 Å². The molecule has 0 fully saturated rings. The molecule has 0 aliphatic heterocycles. The molecule has 0 aliphatic rings. The van der Waals surface area contributed by atoms with Gasteiger partial charge >= 0.3 is 0 Å². The van der Waals surface area contributed by atoms with Crippen molar-refractivity contribution in [1.82, 2.24) is 14.7 Å². The van der Waals surface area contributed by atoms with E-state index in [-0.39, 0.29) is 11.3 Å². The lowest BCUT2D eigenvalue weighted by molar-refractivity contribution is 0.0951. The Balaban J connectivity index is 1.76. The Hall–Kier alpha value is -3.02.